The number of carbonyl (C=O) groups is 3. The highest BCUT2D eigenvalue weighted by Crippen LogP contribution is 2.50. The van der Waals surface area contributed by atoms with Gasteiger partial charge in [-0.2, -0.15) is 0 Å². The number of ether oxygens (including phenoxy) is 2. The summed E-state index contributed by atoms with van der Waals surface area (Å²) in [6.07, 6.45) is 1.21. The zero-order valence-corrected chi connectivity index (χ0v) is 14.3. The number of rotatable bonds is 6. The van der Waals surface area contributed by atoms with E-state index in [1.807, 2.05) is 20.8 Å². The SMILES string of the molecule is CCCCOC(=O)C(C)OC(=O)[C@@H]1N2C(=O)C[C@H]2SC1(C)C. The van der Waals surface area contributed by atoms with Crippen molar-refractivity contribution in [1.29, 1.82) is 0 Å². The molecular formula is C15H23NO5S. The fourth-order valence-electron chi connectivity index (χ4n) is 2.68. The molecule has 3 atom stereocenters. The van der Waals surface area contributed by atoms with Crippen LogP contribution in [0.3, 0.4) is 0 Å². The molecule has 0 aromatic heterocycles. The summed E-state index contributed by atoms with van der Waals surface area (Å²) in [7, 11) is 0. The Kier molecular flexibility index (Phi) is 5.04. The van der Waals surface area contributed by atoms with Gasteiger partial charge in [-0.05, 0) is 27.2 Å². The van der Waals surface area contributed by atoms with E-state index in [2.05, 4.69) is 0 Å². The molecule has 1 amide bonds. The van der Waals surface area contributed by atoms with Gasteiger partial charge in [0.15, 0.2) is 6.10 Å². The van der Waals surface area contributed by atoms with Crippen molar-refractivity contribution in [2.45, 2.75) is 69.2 Å². The molecule has 2 rings (SSSR count). The molecule has 6 nitrogen and oxygen atoms in total. The van der Waals surface area contributed by atoms with Gasteiger partial charge in [-0.15, -0.1) is 11.8 Å². The molecule has 7 heteroatoms. The van der Waals surface area contributed by atoms with Crippen LogP contribution in [-0.4, -0.2) is 51.6 Å². The van der Waals surface area contributed by atoms with Gasteiger partial charge in [-0.3, -0.25) is 4.79 Å². The lowest BCUT2D eigenvalue weighted by Gasteiger charge is -2.37. The third kappa shape index (κ3) is 3.24. The van der Waals surface area contributed by atoms with E-state index >= 15 is 0 Å². The van der Waals surface area contributed by atoms with Crippen LogP contribution in [0.1, 0.15) is 47.0 Å². The van der Waals surface area contributed by atoms with E-state index in [1.54, 1.807) is 16.7 Å². The predicted octanol–water partition coefficient (Wildman–Crippen LogP) is 1.71. The Labute approximate surface area is 134 Å². The Morgan fingerprint density at radius 2 is 2.14 bits per heavy atom. The zero-order valence-electron chi connectivity index (χ0n) is 13.5. The molecule has 0 N–H and O–H groups in total. The van der Waals surface area contributed by atoms with Crippen LogP contribution in [0.15, 0.2) is 0 Å². The molecule has 0 aromatic rings. The summed E-state index contributed by atoms with van der Waals surface area (Å²) in [5.74, 6) is -1.12. The van der Waals surface area contributed by atoms with Crippen molar-refractivity contribution >= 4 is 29.6 Å². The van der Waals surface area contributed by atoms with E-state index in [4.69, 9.17) is 9.47 Å². The summed E-state index contributed by atoms with van der Waals surface area (Å²) in [5, 5.41) is 0.0480. The summed E-state index contributed by atoms with van der Waals surface area (Å²) >= 11 is 1.60. The van der Waals surface area contributed by atoms with Crippen LogP contribution in [0.2, 0.25) is 0 Å². The Balaban J connectivity index is 1.93. The largest absolute Gasteiger partial charge is 0.463 e. The Bertz CT molecular complexity index is 479. The van der Waals surface area contributed by atoms with E-state index in [9.17, 15) is 14.4 Å². The number of fused-ring (bicyclic) bond motifs is 1. The van der Waals surface area contributed by atoms with Crippen molar-refractivity contribution in [1.82, 2.24) is 4.90 Å². The smallest absolute Gasteiger partial charge is 0.347 e. The van der Waals surface area contributed by atoms with Gasteiger partial charge in [-0.1, -0.05) is 13.3 Å². The lowest BCUT2D eigenvalue weighted by molar-refractivity contribution is -0.173. The minimum atomic E-state index is -0.958. The van der Waals surface area contributed by atoms with E-state index in [0.29, 0.717) is 13.0 Å². The fraction of sp³-hybridized carbons (Fsp3) is 0.800. The molecule has 1 unspecified atom stereocenters. The second-order valence-corrected chi connectivity index (χ2v) is 8.02. The molecule has 2 saturated heterocycles. The van der Waals surface area contributed by atoms with Crippen LogP contribution >= 0.6 is 11.8 Å². The Morgan fingerprint density at radius 3 is 2.73 bits per heavy atom. The molecule has 22 heavy (non-hydrogen) atoms. The minimum absolute atomic E-state index is 0.0387. The van der Waals surface area contributed by atoms with Gasteiger partial charge >= 0.3 is 11.9 Å². The summed E-state index contributed by atoms with van der Waals surface area (Å²) in [6, 6.07) is -0.644. The average Bonchev–Trinajstić information content (AvgIpc) is 2.65. The number of β-lactam (4-membered cyclic amide) rings is 1. The maximum Gasteiger partial charge on any atom is 0.347 e. The molecule has 0 bridgehead atoms. The van der Waals surface area contributed by atoms with Crippen molar-refractivity contribution in [3.05, 3.63) is 0 Å². The van der Waals surface area contributed by atoms with Crippen molar-refractivity contribution in [2.24, 2.45) is 0 Å². The number of esters is 2. The molecule has 2 fully saturated rings. The van der Waals surface area contributed by atoms with Gasteiger partial charge in [0.25, 0.3) is 0 Å². The lowest BCUT2D eigenvalue weighted by Crippen LogP contribution is -2.57. The third-order valence-corrected chi connectivity index (χ3v) is 5.41. The highest BCUT2D eigenvalue weighted by molar-refractivity contribution is 8.01. The number of hydrogen-bond donors (Lipinski definition) is 0. The third-order valence-electron chi connectivity index (χ3n) is 3.91. The number of nitrogens with zero attached hydrogens (tertiary/aromatic N) is 1. The topological polar surface area (TPSA) is 72.9 Å². The summed E-state index contributed by atoms with van der Waals surface area (Å²) in [4.78, 5) is 37.5. The zero-order chi connectivity index (χ0) is 16.5. The number of hydrogen-bond acceptors (Lipinski definition) is 6. The molecule has 2 heterocycles. The molecular weight excluding hydrogens is 306 g/mol. The number of thioether (sulfide) groups is 1. The van der Waals surface area contributed by atoms with E-state index in [1.165, 1.54) is 6.92 Å². The van der Waals surface area contributed by atoms with Crippen LogP contribution in [0, 0.1) is 0 Å². The second kappa shape index (κ2) is 6.48. The van der Waals surface area contributed by atoms with Gasteiger partial charge in [0.1, 0.15) is 6.04 Å². The van der Waals surface area contributed by atoms with E-state index in [-0.39, 0.29) is 11.3 Å². The van der Waals surface area contributed by atoms with Crippen molar-refractivity contribution in [2.75, 3.05) is 6.61 Å². The van der Waals surface area contributed by atoms with E-state index in [0.717, 1.165) is 12.8 Å². The predicted molar refractivity (Wildman–Crippen MR) is 82.1 cm³/mol. The van der Waals surface area contributed by atoms with Crippen LogP contribution in [0.5, 0.6) is 0 Å². The monoisotopic (exact) mass is 329 g/mol. The molecule has 124 valence electrons. The molecule has 2 aliphatic rings. The Hall–Kier alpha value is -1.24. The summed E-state index contributed by atoms with van der Waals surface area (Å²) < 4.78 is 9.87. The number of amides is 1. The van der Waals surface area contributed by atoms with Crippen LogP contribution in [-0.2, 0) is 23.9 Å². The molecule has 0 aromatic carbocycles. The maximum atomic E-state index is 12.4. The molecule has 0 radical (unpaired) electrons. The standard InChI is InChI=1S/C15H23NO5S/c1-5-6-7-20-13(18)9(2)21-14(19)12-15(3,4)22-11-8-10(17)16(11)12/h9,11-12H,5-8H2,1-4H3/t9?,11-,12+/m1/s1. The molecule has 0 spiro atoms. The normalized spacial score (nSPS) is 26.9. The van der Waals surface area contributed by atoms with Crippen molar-refractivity contribution < 1.29 is 23.9 Å². The summed E-state index contributed by atoms with van der Waals surface area (Å²) in [5.41, 5.74) is 0. The molecule has 2 aliphatic heterocycles. The van der Waals surface area contributed by atoms with Gasteiger partial charge in [0, 0.05) is 4.75 Å². The first-order chi connectivity index (χ1) is 10.3. The number of carbonyl (C=O) groups excluding carboxylic acids is 3. The highest BCUT2D eigenvalue weighted by atomic mass is 32.2. The Morgan fingerprint density at radius 1 is 1.45 bits per heavy atom. The van der Waals surface area contributed by atoms with Gasteiger partial charge in [-0.25, -0.2) is 9.59 Å². The first kappa shape index (κ1) is 17.1. The minimum Gasteiger partial charge on any atom is -0.463 e. The molecule has 0 aliphatic carbocycles. The number of unbranched alkanes of at least 4 members (excludes halogenated alkanes) is 1. The first-order valence-electron chi connectivity index (χ1n) is 7.64. The first-order valence-corrected chi connectivity index (χ1v) is 8.52. The average molecular weight is 329 g/mol. The van der Waals surface area contributed by atoms with Crippen LogP contribution in [0.4, 0.5) is 0 Å². The van der Waals surface area contributed by atoms with E-state index < -0.39 is 28.8 Å². The van der Waals surface area contributed by atoms with Gasteiger partial charge < -0.3 is 14.4 Å². The highest BCUT2D eigenvalue weighted by Gasteiger charge is 2.59. The summed E-state index contributed by atoms with van der Waals surface area (Å²) in [6.45, 7) is 7.65. The van der Waals surface area contributed by atoms with Crippen LogP contribution in [0.25, 0.3) is 0 Å². The van der Waals surface area contributed by atoms with Crippen LogP contribution < -0.4 is 0 Å². The van der Waals surface area contributed by atoms with Crippen molar-refractivity contribution in [3.63, 3.8) is 0 Å². The lowest BCUT2D eigenvalue weighted by atomic mass is 9.98. The van der Waals surface area contributed by atoms with Gasteiger partial charge in [0.05, 0.1) is 18.4 Å². The quantitative estimate of drug-likeness (QED) is 0.420. The maximum absolute atomic E-state index is 12.4. The molecule has 0 saturated carbocycles. The van der Waals surface area contributed by atoms with Gasteiger partial charge in [0.2, 0.25) is 5.91 Å². The second-order valence-electron chi connectivity index (χ2n) is 6.18. The fourth-order valence-corrected chi connectivity index (χ4v) is 4.30. The van der Waals surface area contributed by atoms with Crippen molar-refractivity contribution in [3.8, 4) is 0 Å².